The van der Waals surface area contributed by atoms with E-state index in [0.717, 1.165) is 25.0 Å². The minimum absolute atomic E-state index is 0.0600. The summed E-state index contributed by atoms with van der Waals surface area (Å²) in [4.78, 5) is 12.2. The molecule has 0 spiro atoms. The Morgan fingerprint density at radius 3 is 2.70 bits per heavy atom. The lowest BCUT2D eigenvalue weighted by atomic mass is 10.0. The second kappa shape index (κ2) is 8.22. The van der Waals surface area contributed by atoms with Crippen LogP contribution >= 0.6 is 0 Å². The lowest BCUT2D eigenvalue weighted by Crippen LogP contribution is -2.43. The fraction of sp³-hybridized carbons (Fsp3) is 0.474. The molecule has 0 radical (unpaired) electrons. The Balaban J connectivity index is 1.74. The number of sulfonamides is 1. The highest BCUT2D eigenvalue weighted by molar-refractivity contribution is 7.89. The van der Waals surface area contributed by atoms with Crippen LogP contribution in [0.2, 0.25) is 0 Å². The first-order valence-corrected chi connectivity index (χ1v) is 10.5. The van der Waals surface area contributed by atoms with Gasteiger partial charge in [-0.3, -0.25) is 4.79 Å². The molecule has 1 heterocycles. The van der Waals surface area contributed by atoms with Crippen molar-refractivity contribution in [3.63, 3.8) is 0 Å². The molecule has 2 aromatic rings. The monoisotopic (exact) mass is 392 g/mol. The van der Waals surface area contributed by atoms with Crippen molar-refractivity contribution in [2.45, 2.75) is 49.5 Å². The van der Waals surface area contributed by atoms with Crippen LogP contribution in [0.4, 0.5) is 0 Å². The molecule has 1 aliphatic carbocycles. The molecule has 1 N–H and O–H groups in total. The standard InChI is InChI=1S/C19H24N2O5S/c1-13-8-9-14(10-13)18-12-15(20-26-18)11-17(19(22)25-2)21-27(23,24)16-6-4-3-5-7-16/h3-7,12-14,17,21H,8-11H2,1-2H3. The third kappa shape index (κ3) is 4.75. The number of nitrogens with zero attached hydrogens (tertiary/aromatic N) is 1. The summed E-state index contributed by atoms with van der Waals surface area (Å²) in [7, 11) is -2.64. The Morgan fingerprint density at radius 1 is 1.33 bits per heavy atom. The van der Waals surface area contributed by atoms with E-state index >= 15 is 0 Å². The first-order valence-electron chi connectivity index (χ1n) is 8.99. The molecule has 1 fully saturated rings. The molecular formula is C19H24N2O5S. The average molecular weight is 392 g/mol. The van der Waals surface area contributed by atoms with Gasteiger partial charge in [-0.2, -0.15) is 4.72 Å². The molecule has 0 aliphatic heterocycles. The predicted octanol–water partition coefficient (Wildman–Crippen LogP) is 2.64. The van der Waals surface area contributed by atoms with Gasteiger partial charge >= 0.3 is 5.97 Å². The zero-order chi connectivity index (χ0) is 19.4. The molecule has 1 saturated carbocycles. The maximum Gasteiger partial charge on any atom is 0.324 e. The summed E-state index contributed by atoms with van der Waals surface area (Å²) < 4.78 is 37.7. The van der Waals surface area contributed by atoms with Crippen molar-refractivity contribution >= 4 is 16.0 Å². The van der Waals surface area contributed by atoms with E-state index in [1.54, 1.807) is 18.2 Å². The van der Waals surface area contributed by atoms with Gasteiger partial charge in [-0.05, 0) is 37.3 Å². The fourth-order valence-electron chi connectivity index (χ4n) is 3.46. The number of ether oxygens (including phenoxy) is 1. The zero-order valence-corrected chi connectivity index (χ0v) is 16.2. The number of carbonyl (C=O) groups is 1. The summed E-state index contributed by atoms with van der Waals surface area (Å²) in [6, 6.07) is 8.62. The van der Waals surface area contributed by atoms with Crippen molar-refractivity contribution in [3.8, 4) is 0 Å². The Morgan fingerprint density at radius 2 is 2.07 bits per heavy atom. The fourth-order valence-corrected chi connectivity index (χ4v) is 4.67. The van der Waals surface area contributed by atoms with Gasteiger partial charge in [0.1, 0.15) is 11.8 Å². The van der Waals surface area contributed by atoms with Gasteiger partial charge in [0.05, 0.1) is 17.7 Å². The van der Waals surface area contributed by atoms with Crippen LogP contribution < -0.4 is 4.72 Å². The molecule has 146 valence electrons. The molecule has 8 heteroatoms. The summed E-state index contributed by atoms with van der Waals surface area (Å²) in [5.41, 5.74) is 0.524. The molecule has 0 saturated heterocycles. The molecule has 1 aliphatic rings. The van der Waals surface area contributed by atoms with E-state index < -0.39 is 22.0 Å². The van der Waals surface area contributed by atoms with E-state index in [0.29, 0.717) is 17.5 Å². The number of hydrogen-bond donors (Lipinski definition) is 1. The van der Waals surface area contributed by atoms with E-state index in [1.165, 1.54) is 19.2 Å². The molecule has 3 unspecified atom stereocenters. The Hall–Kier alpha value is -2.19. The Bertz CT molecular complexity index is 879. The molecule has 0 bridgehead atoms. The number of rotatable bonds is 7. The highest BCUT2D eigenvalue weighted by atomic mass is 32.2. The minimum Gasteiger partial charge on any atom is -0.468 e. The summed E-state index contributed by atoms with van der Waals surface area (Å²) in [6.45, 7) is 2.21. The second-order valence-electron chi connectivity index (χ2n) is 7.05. The summed E-state index contributed by atoms with van der Waals surface area (Å²) in [6.07, 6.45) is 3.32. The van der Waals surface area contributed by atoms with Gasteiger partial charge < -0.3 is 9.26 Å². The average Bonchev–Trinajstić information content (AvgIpc) is 3.30. The summed E-state index contributed by atoms with van der Waals surface area (Å²) >= 11 is 0. The zero-order valence-electron chi connectivity index (χ0n) is 15.4. The Labute approximate surface area is 159 Å². The van der Waals surface area contributed by atoms with Crippen LogP contribution in [-0.4, -0.2) is 32.7 Å². The lowest BCUT2D eigenvalue weighted by molar-refractivity contribution is -0.142. The predicted molar refractivity (Wildman–Crippen MR) is 98.5 cm³/mol. The number of nitrogens with one attached hydrogen (secondary N) is 1. The smallest absolute Gasteiger partial charge is 0.324 e. The number of aromatic nitrogens is 1. The van der Waals surface area contributed by atoms with Crippen molar-refractivity contribution < 1.29 is 22.5 Å². The SMILES string of the molecule is COC(=O)C(Cc1cc(C2CCC(C)C2)on1)NS(=O)(=O)c1ccccc1. The van der Waals surface area contributed by atoms with Crippen molar-refractivity contribution in [2.75, 3.05) is 7.11 Å². The number of methoxy groups -OCH3 is 1. The van der Waals surface area contributed by atoms with E-state index in [9.17, 15) is 13.2 Å². The highest BCUT2D eigenvalue weighted by Crippen LogP contribution is 2.38. The van der Waals surface area contributed by atoms with Gasteiger partial charge in [0, 0.05) is 18.4 Å². The van der Waals surface area contributed by atoms with Crippen LogP contribution in [0.3, 0.4) is 0 Å². The molecule has 1 aromatic carbocycles. The van der Waals surface area contributed by atoms with Crippen LogP contribution in [0.25, 0.3) is 0 Å². The highest BCUT2D eigenvalue weighted by Gasteiger charge is 2.30. The van der Waals surface area contributed by atoms with E-state index in [-0.39, 0.29) is 11.3 Å². The van der Waals surface area contributed by atoms with E-state index in [2.05, 4.69) is 16.8 Å². The molecule has 27 heavy (non-hydrogen) atoms. The molecule has 1 aromatic heterocycles. The number of hydrogen-bond acceptors (Lipinski definition) is 6. The first kappa shape index (κ1) is 19.6. The van der Waals surface area contributed by atoms with E-state index in [1.807, 2.05) is 6.07 Å². The van der Waals surface area contributed by atoms with Crippen molar-refractivity contribution in [1.29, 1.82) is 0 Å². The van der Waals surface area contributed by atoms with E-state index in [4.69, 9.17) is 9.26 Å². The van der Waals surface area contributed by atoms with Crippen molar-refractivity contribution in [2.24, 2.45) is 5.92 Å². The first-order chi connectivity index (χ1) is 12.9. The lowest BCUT2D eigenvalue weighted by Gasteiger charge is -2.15. The maximum atomic E-state index is 12.5. The quantitative estimate of drug-likeness (QED) is 0.728. The summed E-state index contributed by atoms with van der Waals surface area (Å²) in [5.74, 6) is 1.11. The van der Waals surface area contributed by atoms with Crippen LogP contribution in [0, 0.1) is 5.92 Å². The largest absolute Gasteiger partial charge is 0.468 e. The van der Waals surface area contributed by atoms with Crippen molar-refractivity contribution in [1.82, 2.24) is 9.88 Å². The number of carbonyl (C=O) groups excluding carboxylic acids is 1. The molecule has 7 nitrogen and oxygen atoms in total. The van der Waals surface area contributed by atoms with Gasteiger partial charge in [0.25, 0.3) is 0 Å². The molecular weight excluding hydrogens is 368 g/mol. The van der Waals surface area contributed by atoms with Gasteiger partial charge in [-0.1, -0.05) is 30.3 Å². The minimum atomic E-state index is -3.86. The topological polar surface area (TPSA) is 98.5 Å². The van der Waals surface area contributed by atoms with Gasteiger partial charge in [0.15, 0.2) is 0 Å². The number of esters is 1. The van der Waals surface area contributed by atoms with Crippen LogP contribution in [-0.2, 0) is 26.0 Å². The molecule has 3 rings (SSSR count). The second-order valence-corrected chi connectivity index (χ2v) is 8.76. The van der Waals surface area contributed by atoms with Gasteiger partial charge in [-0.25, -0.2) is 8.42 Å². The van der Waals surface area contributed by atoms with Gasteiger partial charge in [-0.15, -0.1) is 0 Å². The third-order valence-electron chi connectivity index (χ3n) is 4.92. The van der Waals surface area contributed by atoms with Crippen LogP contribution in [0.5, 0.6) is 0 Å². The third-order valence-corrected chi connectivity index (χ3v) is 6.41. The molecule has 3 atom stereocenters. The normalized spacial score (nSPS) is 21.1. The van der Waals surface area contributed by atoms with Crippen LogP contribution in [0.15, 0.2) is 45.8 Å². The van der Waals surface area contributed by atoms with Crippen molar-refractivity contribution in [3.05, 3.63) is 47.9 Å². The molecule has 0 amide bonds. The van der Waals surface area contributed by atoms with Crippen LogP contribution in [0.1, 0.15) is 43.6 Å². The Kier molecular flexibility index (Phi) is 5.96. The number of benzene rings is 1. The maximum absolute atomic E-state index is 12.5. The summed E-state index contributed by atoms with van der Waals surface area (Å²) in [5, 5.41) is 4.03. The van der Waals surface area contributed by atoms with Gasteiger partial charge in [0.2, 0.25) is 10.0 Å².